The number of rotatable bonds is 3. The van der Waals surface area contributed by atoms with Crippen LogP contribution in [0.4, 0.5) is 10.2 Å². The Labute approximate surface area is 115 Å². The van der Waals surface area contributed by atoms with Crippen molar-refractivity contribution in [2.45, 2.75) is 25.8 Å². The quantitative estimate of drug-likeness (QED) is 0.861. The van der Waals surface area contributed by atoms with E-state index in [2.05, 4.69) is 4.98 Å². The van der Waals surface area contributed by atoms with Crippen LogP contribution in [0.5, 0.6) is 0 Å². The highest BCUT2D eigenvalue weighted by atomic mass is 19.1. The monoisotopic (exact) mass is 281 g/mol. The van der Waals surface area contributed by atoms with Crippen LogP contribution in [0.15, 0.2) is 12.3 Å². The average Bonchev–Trinajstić information content (AvgIpc) is 2.39. The molecule has 1 fully saturated rings. The van der Waals surface area contributed by atoms with Crippen LogP contribution in [-0.2, 0) is 4.79 Å². The van der Waals surface area contributed by atoms with Crippen LogP contribution in [0.1, 0.15) is 30.1 Å². The Bertz CT molecular complexity index is 550. The van der Waals surface area contributed by atoms with E-state index >= 15 is 0 Å². The summed E-state index contributed by atoms with van der Waals surface area (Å²) in [7, 11) is 0. The summed E-state index contributed by atoms with van der Waals surface area (Å²) < 4.78 is 13.2. The fourth-order valence-electron chi connectivity index (χ4n) is 2.45. The molecule has 2 rings (SSSR count). The van der Waals surface area contributed by atoms with Crippen molar-refractivity contribution in [1.82, 2.24) is 4.98 Å². The standard InChI is InChI=1S/C13H16FN3O3/c1-7-2-3-8(11(15)18)6-17(7)12-10(13(19)20)4-9(14)5-16-12/h4-5,7-8H,2-3,6H2,1H3,(H2,15,18)(H,19,20). The highest BCUT2D eigenvalue weighted by Crippen LogP contribution is 2.29. The molecule has 1 aliphatic rings. The molecule has 1 amide bonds. The molecule has 6 nitrogen and oxygen atoms in total. The van der Waals surface area contributed by atoms with Gasteiger partial charge in [-0.15, -0.1) is 0 Å². The number of carboxylic acid groups (broad SMARTS) is 1. The third kappa shape index (κ3) is 2.71. The Hall–Kier alpha value is -2.18. The summed E-state index contributed by atoms with van der Waals surface area (Å²) in [6.45, 7) is 2.21. The van der Waals surface area contributed by atoms with Gasteiger partial charge in [0.05, 0.1) is 12.1 Å². The van der Waals surface area contributed by atoms with Gasteiger partial charge in [0.15, 0.2) is 0 Å². The number of carboxylic acids is 1. The van der Waals surface area contributed by atoms with Crippen LogP contribution in [0.3, 0.4) is 0 Å². The summed E-state index contributed by atoms with van der Waals surface area (Å²) >= 11 is 0. The van der Waals surface area contributed by atoms with Crippen LogP contribution in [0.25, 0.3) is 0 Å². The molecule has 0 spiro atoms. The van der Waals surface area contributed by atoms with Gasteiger partial charge in [0.25, 0.3) is 0 Å². The van der Waals surface area contributed by atoms with Gasteiger partial charge in [0, 0.05) is 12.6 Å². The van der Waals surface area contributed by atoms with Crippen LogP contribution < -0.4 is 10.6 Å². The van der Waals surface area contributed by atoms with Gasteiger partial charge >= 0.3 is 5.97 Å². The van der Waals surface area contributed by atoms with Crippen LogP contribution in [0, 0.1) is 11.7 Å². The molecule has 2 unspecified atom stereocenters. The first-order chi connectivity index (χ1) is 9.40. The molecule has 20 heavy (non-hydrogen) atoms. The van der Waals surface area contributed by atoms with E-state index in [0.717, 1.165) is 12.3 Å². The van der Waals surface area contributed by atoms with Gasteiger partial charge in [-0.1, -0.05) is 0 Å². The van der Waals surface area contributed by atoms with Gasteiger partial charge in [0.2, 0.25) is 5.91 Å². The molecule has 1 aromatic heterocycles. The van der Waals surface area contributed by atoms with Gasteiger partial charge in [0.1, 0.15) is 17.2 Å². The molecule has 0 radical (unpaired) electrons. The minimum Gasteiger partial charge on any atom is -0.478 e. The fourth-order valence-corrected chi connectivity index (χ4v) is 2.45. The van der Waals surface area contributed by atoms with E-state index in [0.29, 0.717) is 19.4 Å². The maximum atomic E-state index is 13.2. The lowest BCUT2D eigenvalue weighted by molar-refractivity contribution is -0.122. The van der Waals surface area contributed by atoms with Gasteiger partial charge in [-0.2, -0.15) is 0 Å². The minimum atomic E-state index is -1.25. The minimum absolute atomic E-state index is 0.0154. The summed E-state index contributed by atoms with van der Waals surface area (Å²) in [5, 5.41) is 9.16. The Balaban J connectivity index is 2.38. The zero-order valence-electron chi connectivity index (χ0n) is 11.0. The average molecular weight is 281 g/mol. The Kier molecular flexibility index (Phi) is 3.87. The number of aromatic nitrogens is 1. The third-order valence-corrected chi connectivity index (χ3v) is 3.62. The normalized spacial score (nSPS) is 22.6. The molecule has 0 aromatic carbocycles. The molecule has 2 atom stereocenters. The van der Waals surface area contributed by atoms with Crippen LogP contribution >= 0.6 is 0 Å². The molecule has 1 aromatic rings. The number of amides is 1. The number of hydrogen-bond acceptors (Lipinski definition) is 4. The first-order valence-electron chi connectivity index (χ1n) is 6.35. The molecule has 1 aliphatic heterocycles. The third-order valence-electron chi connectivity index (χ3n) is 3.62. The van der Waals surface area contributed by atoms with Gasteiger partial charge in [-0.25, -0.2) is 14.2 Å². The molecular formula is C13H16FN3O3. The number of anilines is 1. The first kappa shape index (κ1) is 14.2. The SMILES string of the molecule is CC1CCC(C(N)=O)CN1c1ncc(F)cc1C(=O)O. The molecular weight excluding hydrogens is 265 g/mol. The van der Waals surface area contributed by atoms with Crippen LogP contribution in [0.2, 0.25) is 0 Å². The van der Waals surface area contributed by atoms with Crippen molar-refractivity contribution < 1.29 is 19.1 Å². The molecule has 0 aliphatic carbocycles. The molecule has 1 saturated heterocycles. The summed E-state index contributed by atoms with van der Waals surface area (Å²) in [4.78, 5) is 28.1. The Morgan fingerprint density at radius 1 is 1.50 bits per heavy atom. The number of piperidine rings is 1. The second-order valence-electron chi connectivity index (χ2n) is 5.01. The van der Waals surface area contributed by atoms with Gasteiger partial charge in [-0.05, 0) is 25.8 Å². The molecule has 2 heterocycles. The van der Waals surface area contributed by atoms with E-state index in [1.807, 2.05) is 6.92 Å². The van der Waals surface area contributed by atoms with Gasteiger partial charge in [-0.3, -0.25) is 4.79 Å². The maximum Gasteiger partial charge on any atom is 0.339 e. The predicted molar refractivity (Wildman–Crippen MR) is 69.9 cm³/mol. The van der Waals surface area contributed by atoms with E-state index < -0.39 is 17.7 Å². The van der Waals surface area contributed by atoms with Crippen molar-refractivity contribution in [2.24, 2.45) is 11.7 Å². The Morgan fingerprint density at radius 2 is 2.20 bits per heavy atom. The van der Waals surface area contributed by atoms with Crippen molar-refractivity contribution in [1.29, 1.82) is 0 Å². The molecule has 7 heteroatoms. The summed E-state index contributed by atoms with van der Waals surface area (Å²) in [5.41, 5.74) is 5.11. The smallest absolute Gasteiger partial charge is 0.339 e. The Morgan fingerprint density at radius 3 is 2.80 bits per heavy atom. The van der Waals surface area contributed by atoms with E-state index in [4.69, 9.17) is 10.8 Å². The van der Waals surface area contributed by atoms with Gasteiger partial charge < -0.3 is 15.7 Å². The van der Waals surface area contributed by atoms with Crippen molar-refractivity contribution in [3.8, 4) is 0 Å². The van der Waals surface area contributed by atoms with E-state index in [1.165, 1.54) is 0 Å². The zero-order valence-corrected chi connectivity index (χ0v) is 11.0. The van der Waals surface area contributed by atoms with E-state index in [9.17, 15) is 14.0 Å². The number of hydrogen-bond donors (Lipinski definition) is 2. The van der Waals surface area contributed by atoms with Crippen LogP contribution in [-0.4, -0.2) is 34.6 Å². The molecule has 108 valence electrons. The number of carbonyl (C=O) groups is 2. The lowest BCUT2D eigenvalue weighted by Gasteiger charge is -2.38. The summed E-state index contributed by atoms with van der Waals surface area (Å²) in [5.74, 6) is -2.54. The van der Waals surface area contributed by atoms with Crippen molar-refractivity contribution in [3.63, 3.8) is 0 Å². The maximum absolute atomic E-state index is 13.2. The van der Waals surface area contributed by atoms with Crippen molar-refractivity contribution >= 4 is 17.7 Å². The fraction of sp³-hybridized carbons (Fsp3) is 0.462. The van der Waals surface area contributed by atoms with E-state index in [-0.39, 0.29) is 23.3 Å². The van der Waals surface area contributed by atoms with E-state index in [1.54, 1.807) is 4.90 Å². The molecule has 0 bridgehead atoms. The number of nitrogens with two attached hydrogens (primary N) is 1. The predicted octanol–water partition coefficient (Wildman–Crippen LogP) is 1.01. The van der Waals surface area contributed by atoms with Crippen molar-refractivity contribution in [3.05, 3.63) is 23.6 Å². The molecule has 3 N–H and O–H groups in total. The topological polar surface area (TPSA) is 96.5 Å². The highest BCUT2D eigenvalue weighted by Gasteiger charge is 2.31. The lowest BCUT2D eigenvalue weighted by atomic mass is 9.92. The first-order valence-corrected chi connectivity index (χ1v) is 6.35. The summed E-state index contributed by atoms with van der Waals surface area (Å²) in [6.07, 6.45) is 2.34. The zero-order chi connectivity index (χ0) is 14.9. The highest BCUT2D eigenvalue weighted by molar-refractivity contribution is 5.93. The number of carbonyl (C=O) groups excluding carboxylic acids is 1. The molecule has 0 saturated carbocycles. The number of pyridine rings is 1. The number of aromatic carboxylic acids is 1. The van der Waals surface area contributed by atoms with Crippen molar-refractivity contribution in [2.75, 3.05) is 11.4 Å². The summed E-state index contributed by atoms with van der Waals surface area (Å²) in [6, 6.07) is 0.951. The lowest BCUT2D eigenvalue weighted by Crippen LogP contribution is -2.46. The largest absolute Gasteiger partial charge is 0.478 e. The second kappa shape index (κ2) is 5.44. The number of halogens is 1. The number of primary amides is 1. The second-order valence-corrected chi connectivity index (χ2v) is 5.01. The number of nitrogens with zero attached hydrogens (tertiary/aromatic N) is 2.